The molecule has 0 aromatic carbocycles. The van der Waals surface area contributed by atoms with Crippen molar-refractivity contribution in [3.63, 3.8) is 0 Å². The smallest absolute Gasteiger partial charge is 0.0655 e. The number of aliphatic hydroxyl groups is 3. The third-order valence-corrected chi connectivity index (χ3v) is 13.5. The van der Waals surface area contributed by atoms with Crippen LogP contribution in [0, 0.1) is 59.8 Å². The van der Waals surface area contributed by atoms with E-state index >= 15 is 0 Å². The van der Waals surface area contributed by atoms with Crippen LogP contribution in [0.5, 0.6) is 0 Å². The van der Waals surface area contributed by atoms with E-state index in [4.69, 9.17) is 6.58 Å². The molecule has 12 rings (SSSR count). The Kier molecular flexibility index (Phi) is 9.42. The van der Waals surface area contributed by atoms with E-state index in [-0.39, 0.29) is 37.9 Å². The Morgan fingerprint density at radius 3 is 0.650 bits per heavy atom. The Labute approximate surface area is 261 Å². The van der Waals surface area contributed by atoms with Crippen molar-refractivity contribution in [3.8, 4) is 0 Å². The summed E-state index contributed by atoms with van der Waals surface area (Å²) in [5.41, 5.74) is 1.23. The van der Waals surface area contributed by atoms with E-state index in [1.165, 1.54) is 57.8 Å². The average Bonchev–Trinajstić information content (AvgIpc) is 2.75. The van der Waals surface area contributed by atoms with Crippen molar-refractivity contribution in [1.82, 2.24) is 0 Å². The molecule has 0 amide bonds. The fraction of sp³-hybridized carbons (Fsp3) is 0.943. The van der Waals surface area contributed by atoms with E-state index in [9.17, 15) is 15.3 Å². The zero-order chi connectivity index (χ0) is 27.6. The topological polar surface area (TPSA) is 60.7 Å². The van der Waals surface area contributed by atoms with Gasteiger partial charge in [0.25, 0.3) is 0 Å². The first-order chi connectivity index (χ1) is 18.3. The number of hydrogen-bond acceptors (Lipinski definition) is 3. The summed E-state index contributed by atoms with van der Waals surface area (Å²) in [4.78, 5) is 0. The van der Waals surface area contributed by atoms with Crippen molar-refractivity contribution in [2.75, 3.05) is 0 Å². The summed E-state index contributed by atoms with van der Waals surface area (Å²) >= 11 is 0. The molecule has 0 aromatic heterocycles. The molecule has 3 nitrogen and oxygen atoms in total. The molecule has 0 saturated heterocycles. The van der Waals surface area contributed by atoms with Gasteiger partial charge in [0, 0.05) is 29.1 Å². The van der Waals surface area contributed by atoms with Gasteiger partial charge >= 0.3 is 0 Å². The summed E-state index contributed by atoms with van der Waals surface area (Å²) in [6, 6.07) is 0. The van der Waals surface area contributed by atoms with Crippen LogP contribution in [0.4, 0.5) is 0 Å². The van der Waals surface area contributed by atoms with Gasteiger partial charge in [-0.15, -0.1) is 0 Å². The van der Waals surface area contributed by atoms with Gasteiger partial charge in [0.05, 0.1) is 16.8 Å². The van der Waals surface area contributed by atoms with Crippen molar-refractivity contribution in [2.24, 2.45) is 53.3 Å². The Hall–Kier alpha value is 0.525. The van der Waals surface area contributed by atoms with Crippen LogP contribution in [0.15, 0.2) is 5.70 Å². The Morgan fingerprint density at radius 1 is 0.450 bits per heavy atom. The third kappa shape index (κ3) is 7.59. The second-order valence-electron chi connectivity index (χ2n) is 18.0. The predicted molar refractivity (Wildman–Crippen MR) is 162 cm³/mol. The molecule has 40 heavy (non-hydrogen) atoms. The fourth-order valence-electron chi connectivity index (χ4n) is 12.2. The maximum atomic E-state index is 10.1. The van der Waals surface area contributed by atoms with Crippen LogP contribution >= 0.6 is 0 Å². The van der Waals surface area contributed by atoms with Gasteiger partial charge in [-0.3, -0.25) is 5.70 Å². The minimum atomic E-state index is -0.978. The van der Waals surface area contributed by atoms with E-state index < -0.39 is 8.07 Å². The van der Waals surface area contributed by atoms with Crippen molar-refractivity contribution in [2.45, 2.75) is 152 Å². The van der Waals surface area contributed by atoms with Gasteiger partial charge in [-0.1, -0.05) is 19.6 Å². The van der Waals surface area contributed by atoms with E-state index in [0.717, 1.165) is 111 Å². The van der Waals surface area contributed by atoms with Crippen molar-refractivity contribution in [3.05, 3.63) is 12.3 Å². The van der Waals surface area contributed by atoms with Gasteiger partial charge < -0.3 is 21.9 Å². The third-order valence-electron chi connectivity index (χ3n) is 12.5. The Balaban J connectivity index is 0.000000109. The molecule has 12 bridgehead atoms. The zero-order valence-corrected chi connectivity index (χ0v) is 28.8. The van der Waals surface area contributed by atoms with E-state index in [1.54, 1.807) is 0 Å². The number of rotatable bonds is 1. The van der Waals surface area contributed by atoms with Gasteiger partial charge in [0.15, 0.2) is 0 Å². The van der Waals surface area contributed by atoms with Crippen LogP contribution in [0.2, 0.25) is 19.6 Å². The molecule has 0 heterocycles. The molecule has 12 fully saturated rings. The maximum absolute atomic E-state index is 10.1. The summed E-state index contributed by atoms with van der Waals surface area (Å²) in [6.07, 6.45) is 23.0. The molecule has 0 aliphatic heterocycles. The average molecular weight is 652 g/mol. The molecule has 0 radical (unpaired) electrons. The van der Waals surface area contributed by atoms with Crippen LogP contribution in [0.3, 0.4) is 0 Å². The minimum absolute atomic E-state index is 0. The first kappa shape index (κ1) is 31.9. The summed E-state index contributed by atoms with van der Waals surface area (Å²) in [5.74, 6) is 8.05. The molecular formula is C35H59MoO3Si-. The molecule has 5 heteroatoms. The molecule has 0 spiro atoms. The first-order valence-electron chi connectivity index (χ1n) is 17.0. The van der Waals surface area contributed by atoms with Crippen molar-refractivity contribution in [1.29, 1.82) is 0 Å². The maximum Gasteiger partial charge on any atom is 0.0655 e. The van der Waals surface area contributed by atoms with Crippen LogP contribution in [-0.4, -0.2) is 40.2 Å². The molecule has 3 N–H and O–H groups in total. The van der Waals surface area contributed by atoms with Crippen LogP contribution in [0.25, 0.3) is 0 Å². The van der Waals surface area contributed by atoms with Crippen LogP contribution in [0.1, 0.15) is 116 Å². The largest absolute Gasteiger partial charge is 0.522 e. The van der Waals surface area contributed by atoms with E-state index in [0.29, 0.717) is 0 Å². The zero-order valence-electron chi connectivity index (χ0n) is 25.8. The minimum Gasteiger partial charge on any atom is -0.522 e. The second kappa shape index (κ2) is 11.8. The SMILES string of the molecule is OC12CC3CC(CC(C3)C1)C2.OC12CC3CC(CC(C3)C1)C2.OC12CC3CC(CC(C3)C1)C2.[CH-]=C[Si](C)(C)C.[Mo]. The van der Waals surface area contributed by atoms with Gasteiger partial charge in [-0.2, -0.15) is 0 Å². The summed E-state index contributed by atoms with van der Waals surface area (Å²) < 4.78 is 0. The standard InChI is InChI=1S/3C10H16O.C5H11Si.Mo/c3*11-10-4-7-1-8(5-10)3-9(2-7)6-10;1-5-6(2,3)4;/h3*7-9,11H,1-6H2;1,5H,2-4H3;/q;;;-1;. The number of hydrogen-bond donors (Lipinski definition) is 3. The van der Waals surface area contributed by atoms with Crippen molar-refractivity contribution < 1.29 is 36.4 Å². The normalized spacial score (nSPS) is 51.4. The monoisotopic (exact) mass is 653 g/mol. The van der Waals surface area contributed by atoms with Crippen LogP contribution < -0.4 is 0 Å². The fourth-order valence-corrected chi connectivity index (χ4v) is 12.2. The molecule has 228 valence electrons. The van der Waals surface area contributed by atoms with Gasteiger partial charge in [-0.25, -0.2) is 0 Å². The summed E-state index contributed by atoms with van der Waals surface area (Å²) in [5, 5.41) is 30.3. The summed E-state index contributed by atoms with van der Waals surface area (Å²) in [7, 11) is -0.978. The second-order valence-corrected chi connectivity index (χ2v) is 23.0. The van der Waals surface area contributed by atoms with Gasteiger partial charge in [0.1, 0.15) is 0 Å². The van der Waals surface area contributed by atoms with E-state index in [2.05, 4.69) is 19.6 Å². The van der Waals surface area contributed by atoms with Crippen LogP contribution in [-0.2, 0) is 21.1 Å². The summed E-state index contributed by atoms with van der Waals surface area (Å²) in [6.45, 7) is 11.8. The Bertz CT molecular complexity index is 688. The van der Waals surface area contributed by atoms with Gasteiger partial charge in [0.2, 0.25) is 0 Å². The van der Waals surface area contributed by atoms with Gasteiger partial charge in [-0.05, 0) is 169 Å². The van der Waals surface area contributed by atoms with E-state index in [1.807, 2.05) is 5.70 Å². The first-order valence-corrected chi connectivity index (χ1v) is 20.6. The van der Waals surface area contributed by atoms with Crippen molar-refractivity contribution >= 4 is 8.07 Å². The predicted octanol–water partition coefficient (Wildman–Crippen LogP) is 7.69. The molecule has 12 saturated carbocycles. The molecule has 0 atom stereocenters. The molecule has 12 aliphatic rings. The quantitative estimate of drug-likeness (QED) is 0.201. The molecular weight excluding hydrogens is 592 g/mol. The molecule has 0 unspecified atom stereocenters. The molecule has 0 aromatic rings. The molecule has 12 aliphatic carbocycles. The Morgan fingerprint density at radius 2 is 0.575 bits per heavy atom.